The molecule has 1 unspecified atom stereocenters. The normalized spacial score (nSPS) is 10.7. The van der Waals surface area contributed by atoms with Crippen molar-refractivity contribution in [1.82, 2.24) is 5.32 Å². The van der Waals surface area contributed by atoms with Gasteiger partial charge in [0.25, 0.3) is 0 Å². The third-order valence-corrected chi connectivity index (χ3v) is 3.46. The number of benzene rings is 2. The minimum atomic E-state index is -2.27. The van der Waals surface area contributed by atoms with Crippen LogP contribution >= 0.6 is 8.25 Å². The Hall–Kier alpha value is -2.43. The average molecular weight is 334 g/mol. The highest BCUT2D eigenvalue weighted by Gasteiger charge is 2.21. The van der Waals surface area contributed by atoms with E-state index in [1.54, 1.807) is 24.3 Å². The van der Waals surface area contributed by atoms with Crippen LogP contribution in [0.15, 0.2) is 60.7 Å². The zero-order valence-corrected chi connectivity index (χ0v) is 13.3. The summed E-state index contributed by atoms with van der Waals surface area (Å²) in [5.74, 6) is 0.462. The molecule has 0 spiro atoms. The highest BCUT2D eigenvalue weighted by atomic mass is 31.1. The van der Waals surface area contributed by atoms with Crippen LogP contribution < -0.4 is 9.84 Å². The van der Waals surface area contributed by atoms with Gasteiger partial charge in [0.1, 0.15) is 13.2 Å². The van der Waals surface area contributed by atoms with Crippen LogP contribution in [0, 0.1) is 0 Å². The fourth-order valence-electron chi connectivity index (χ4n) is 1.64. The van der Waals surface area contributed by atoms with Gasteiger partial charge in [-0.25, -0.2) is 9.32 Å². The Balaban J connectivity index is 1.56. The van der Waals surface area contributed by atoms with Gasteiger partial charge in [-0.15, -0.1) is 4.52 Å². The van der Waals surface area contributed by atoms with Crippen LogP contribution in [0.4, 0.5) is 4.79 Å². The zero-order chi connectivity index (χ0) is 16.3. The molecule has 120 valence electrons. The second-order valence-corrected chi connectivity index (χ2v) is 5.34. The van der Waals surface area contributed by atoms with E-state index in [2.05, 4.69) is 5.32 Å². The van der Waals surface area contributed by atoms with Crippen molar-refractivity contribution in [2.24, 2.45) is 0 Å². The fourth-order valence-corrected chi connectivity index (χ4v) is 2.23. The van der Waals surface area contributed by atoms with Gasteiger partial charge in [0.2, 0.25) is 0 Å². The number of hydrogen-bond acceptors (Lipinski definition) is 5. The largest absolute Gasteiger partial charge is 0.750 e. The number of hydrogen-bond donors (Lipinski definition) is 1. The minimum absolute atomic E-state index is 0.0580. The number of ether oxygens (including phenoxy) is 1. The van der Waals surface area contributed by atoms with Crippen molar-refractivity contribution < 1.29 is 23.1 Å². The molecule has 2 rings (SSSR count). The number of rotatable bonds is 8. The molecule has 0 saturated carbocycles. The van der Waals surface area contributed by atoms with Gasteiger partial charge in [-0.2, -0.15) is 0 Å². The number of carbonyl (C=O) groups is 1. The van der Waals surface area contributed by atoms with Crippen molar-refractivity contribution in [2.75, 3.05) is 13.2 Å². The molecular weight excluding hydrogens is 317 g/mol. The summed E-state index contributed by atoms with van der Waals surface area (Å²) < 4.78 is 26.6. The summed E-state index contributed by atoms with van der Waals surface area (Å²) in [7, 11) is -2.27. The summed E-state index contributed by atoms with van der Waals surface area (Å²) in [5.41, 5.74) is 0.901. The topological polar surface area (TPSA) is 73.9 Å². The lowest BCUT2D eigenvalue weighted by Crippen LogP contribution is -2.27. The molecule has 0 aliphatic rings. The zero-order valence-electron chi connectivity index (χ0n) is 12.4. The van der Waals surface area contributed by atoms with E-state index < -0.39 is 14.3 Å². The first kappa shape index (κ1) is 16.9. The van der Waals surface area contributed by atoms with E-state index in [4.69, 9.17) is 13.8 Å². The predicted octanol–water partition coefficient (Wildman–Crippen LogP) is 3.67. The molecule has 0 heterocycles. The van der Waals surface area contributed by atoms with E-state index in [1.807, 2.05) is 36.4 Å². The molecule has 0 fully saturated rings. The molecule has 1 atom stereocenters. The third-order valence-electron chi connectivity index (χ3n) is 2.70. The average Bonchev–Trinajstić information content (AvgIpc) is 2.59. The predicted molar refractivity (Wildman–Crippen MR) is 85.3 cm³/mol. The SMILES string of the molecule is O=C(NCCO[P+](=O)Oc1ccccc1)OCc1ccccc1. The van der Waals surface area contributed by atoms with Crippen LogP contribution in [0.25, 0.3) is 0 Å². The number of carbonyl (C=O) groups excluding carboxylic acids is 1. The molecule has 1 amide bonds. The van der Waals surface area contributed by atoms with Gasteiger partial charge in [0.15, 0.2) is 5.75 Å². The fraction of sp³-hybridized carbons (Fsp3) is 0.188. The number of amides is 1. The summed E-state index contributed by atoms with van der Waals surface area (Å²) in [6.45, 7) is 0.425. The first-order valence-electron chi connectivity index (χ1n) is 7.02. The van der Waals surface area contributed by atoms with Gasteiger partial charge in [-0.05, 0) is 17.7 Å². The van der Waals surface area contributed by atoms with E-state index in [-0.39, 0.29) is 19.8 Å². The maximum Gasteiger partial charge on any atom is 0.750 e. The lowest BCUT2D eigenvalue weighted by molar-refractivity contribution is 0.137. The van der Waals surface area contributed by atoms with Crippen LogP contribution in [-0.2, 0) is 20.4 Å². The van der Waals surface area contributed by atoms with Crippen LogP contribution in [0.3, 0.4) is 0 Å². The second-order valence-electron chi connectivity index (χ2n) is 4.45. The smallest absolute Gasteiger partial charge is 0.445 e. The van der Waals surface area contributed by atoms with E-state index in [9.17, 15) is 9.36 Å². The Bertz CT molecular complexity index is 621. The molecule has 0 saturated heterocycles. The molecule has 2 aromatic carbocycles. The maximum absolute atomic E-state index is 11.5. The second kappa shape index (κ2) is 9.56. The molecule has 0 aromatic heterocycles. The molecule has 7 heteroatoms. The Morgan fingerprint density at radius 2 is 1.65 bits per heavy atom. The van der Waals surface area contributed by atoms with Gasteiger partial charge in [-0.1, -0.05) is 48.5 Å². The van der Waals surface area contributed by atoms with Gasteiger partial charge < -0.3 is 10.1 Å². The summed E-state index contributed by atoms with van der Waals surface area (Å²) in [4.78, 5) is 11.5. The van der Waals surface area contributed by atoms with Gasteiger partial charge >= 0.3 is 14.3 Å². The van der Waals surface area contributed by atoms with Crippen molar-refractivity contribution in [3.8, 4) is 5.75 Å². The number of para-hydroxylation sites is 1. The lowest BCUT2D eigenvalue weighted by Gasteiger charge is -2.05. The Morgan fingerprint density at radius 3 is 2.35 bits per heavy atom. The highest BCUT2D eigenvalue weighted by molar-refractivity contribution is 7.33. The Labute approximate surface area is 135 Å². The van der Waals surface area contributed by atoms with Gasteiger partial charge in [0.05, 0.1) is 0 Å². The molecule has 2 aromatic rings. The number of alkyl carbamates (subject to hydrolysis) is 1. The summed E-state index contributed by atoms with van der Waals surface area (Å²) in [6, 6.07) is 18.1. The highest BCUT2D eigenvalue weighted by Crippen LogP contribution is 2.26. The van der Waals surface area contributed by atoms with Crippen LogP contribution in [0.1, 0.15) is 5.56 Å². The molecule has 0 aliphatic heterocycles. The monoisotopic (exact) mass is 334 g/mol. The summed E-state index contributed by atoms with van der Waals surface area (Å²) in [6.07, 6.45) is -0.559. The standard InChI is InChI=1S/C16H16NO5P/c18-16(20-13-14-7-3-1-4-8-14)17-11-12-21-23(19)22-15-9-5-2-6-10-15/h1-10H,11-13H2/p+1. The van der Waals surface area contributed by atoms with Gasteiger partial charge in [0, 0.05) is 11.1 Å². The first-order chi connectivity index (χ1) is 11.2. The van der Waals surface area contributed by atoms with Crippen molar-refractivity contribution in [3.63, 3.8) is 0 Å². The van der Waals surface area contributed by atoms with E-state index in [0.717, 1.165) is 5.56 Å². The molecule has 0 bridgehead atoms. The van der Waals surface area contributed by atoms with Crippen molar-refractivity contribution in [1.29, 1.82) is 0 Å². The molecule has 6 nitrogen and oxygen atoms in total. The first-order valence-corrected chi connectivity index (χ1v) is 8.11. The quantitative estimate of drug-likeness (QED) is 0.589. The Kier molecular flexibility index (Phi) is 7.04. The molecule has 0 radical (unpaired) electrons. The van der Waals surface area contributed by atoms with E-state index >= 15 is 0 Å². The molecule has 0 aliphatic carbocycles. The van der Waals surface area contributed by atoms with Crippen molar-refractivity contribution in [3.05, 3.63) is 66.2 Å². The maximum atomic E-state index is 11.5. The van der Waals surface area contributed by atoms with Crippen LogP contribution in [-0.4, -0.2) is 19.2 Å². The molecule has 1 N–H and O–H groups in total. The van der Waals surface area contributed by atoms with Crippen molar-refractivity contribution >= 4 is 14.3 Å². The van der Waals surface area contributed by atoms with Crippen molar-refractivity contribution in [2.45, 2.75) is 6.61 Å². The Morgan fingerprint density at radius 1 is 1.00 bits per heavy atom. The van der Waals surface area contributed by atoms with E-state index in [1.165, 1.54) is 0 Å². The van der Waals surface area contributed by atoms with Gasteiger partial charge in [-0.3, -0.25) is 0 Å². The third kappa shape index (κ3) is 6.91. The van der Waals surface area contributed by atoms with Crippen LogP contribution in [0.2, 0.25) is 0 Å². The summed E-state index contributed by atoms with van der Waals surface area (Å²) >= 11 is 0. The number of nitrogens with one attached hydrogen (secondary N) is 1. The van der Waals surface area contributed by atoms with Crippen LogP contribution in [0.5, 0.6) is 5.75 Å². The summed E-state index contributed by atoms with van der Waals surface area (Å²) in [5, 5.41) is 2.50. The molecular formula is C16H17NO5P+. The van der Waals surface area contributed by atoms with E-state index in [0.29, 0.717) is 5.75 Å². The lowest BCUT2D eigenvalue weighted by atomic mass is 10.2. The molecule has 23 heavy (non-hydrogen) atoms. The minimum Gasteiger partial charge on any atom is -0.445 e.